The van der Waals surface area contributed by atoms with E-state index in [2.05, 4.69) is 20.4 Å². The normalized spacial score (nSPS) is 17.8. The summed E-state index contributed by atoms with van der Waals surface area (Å²) in [5.74, 6) is 0.747. The van der Waals surface area contributed by atoms with Crippen LogP contribution in [0.15, 0.2) is 36.4 Å². The summed E-state index contributed by atoms with van der Waals surface area (Å²) >= 11 is 6.10. The van der Waals surface area contributed by atoms with Crippen molar-refractivity contribution in [3.63, 3.8) is 0 Å². The standard InChI is InChI=1S/C17H19ClN4O/c1-12-8-9-16(21-20-12)22-10-4-5-13(11-22)17(23)19-15-7-3-2-6-14(15)18/h2-3,6-9,13H,4-5,10-11H2,1H3,(H,19,23). The molecule has 120 valence electrons. The molecule has 2 aromatic rings. The molecule has 0 aliphatic carbocycles. The number of aromatic nitrogens is 2. The Hall–Kier alpha value is -2.14. The van der Waals surface area contributed by atoms with Gasteiger partial charge in [-0.2, -0.15) is 5.10 Å². The van der Waals surface area contributed by atoms with E-state index in [-0.39, 0.29) is 11.8 Å². The zero-order valence-corrected chi connectivity index (χ0v) is 13.8. The quantitative estimate of drug-likeness (QED) is 0.938. The number of hydrogen-bond donors (Lipinski definition) is 1. The van der Waals surface area contributed by atoms with Crippen molar-refractivity contribution in [1.29, 1.82) is 0 Å². The number of halogens is 1. The summed E-state index contributed by atoms with van der Waals surface area (Å²) < 4.78 is 0. The SMILES string of the molecule is Cc1ccc(N2CCCC(C(=O)Nc3ccccc3Cl)C2)nn1. The van der Waals surface area contributed by atoms with Crippen molar-refractivity contribution in [2.24, 2.45) is 5.92 Å². The van der Waals surface area contributed by atoms with Crippen LogP contribution in [0, 0.1) is 12.8 Å². The second kappa shape index (κ2) is 6.96. The van der Waals surface area contributed by atoms with Crippen LogP contribution < -0.4 is 10.2 Å². The maximum Gasteiger partial charge on any atom is 0.229 e. The zero-order chi connectivity index (χ0) is 16.2. The molecule has 1 saturated heterocycles. The third kappa shape index (κ3) is 3.79. The highest BCUT2D eigenvalue weighted by atomic mass is 35.5. The zero-order valence-electron chi connectivity index (χ0n) is 13.0. The Morgan fingerprint density at radius 2 is 2.09 bits per heavy atom. The fourth-order valence-electron chi connectivity index (χ4n) is 2.76. The maximum atomic E-state index is 12.5. The molecular weight excluding hydrogens is 312 g/mol. The fraction of sp³-hybridized carbons (Fsp3) is 0.353. The number of anilines is 2. The first kappa shape index (κ1) is 15.7. The van der Waals surface area contributed by atoms with Crippen LogP contribution in [-0.4, -0.2) is 29.2 Å². The summed E-state index contributed by atoms with van der Waals surface area (Å²) in [7, 11) is 0. The predicted molar refractivity (Wildman–Crippen MR) is 91.8 cm³/mol. The van der Waals surface area contributed by atoms with Gasteiger partial charge in [0, 0.05) is 13.1 Å². The number of piperidine rings is 1. The highest BCUT2D eigenvalue weighted by Gasteiger charge is 2.27. The first-order chi connectivity index (χ1) is 11.1. The molecule has 1 unspecified atom stereocenters. The Morgan fingerprint density at radius 1 is 1.26 bits per heavy atom. The van der Waals surface area contributed by atoms with Crippen molar-refractivity contribution < 1.29 is 4.79 Å². The van der Waals surface area contributed by atoms with Gasteiger partial charge in [0.25, 0.3) is 0 Å². The number of nitrogens with one attached hydrogen (secondary N) is 1. The van der Waals surface area contributed by atoms with Crippen LogP contribution in [0.3, 0.4) is 0 Å². The molecule has 0 radical (unpaired) electrons. The number of aryl methyl sites for hydroxylation is 1. The van der Waals surface area contributed by atoms with Crippen LogP contribution in [0.1, 0.15) is 18.5 Å². The lowest BCUT2D eigenvalue weighted by molar-refractivity contribution is -0.120. The molecule has 1 aliphatic heterocycles. The van der Waals surface area contributed by atoms with E-state index in [4.69, 9.17) is 11.6 Å². The Balaban J connectivity index is 1.67. The Labute approximate surface area is 140 Å². The average molecular weight is 331 g/mol. The third-order valence-electron chi connectivity index (χ3n) is 4.03. The molecular formula is C17H19ClN4O. The summed E-state index contributed by atoms with van der Waals surface area (Å²) in [6.07, 6.45) is 1.82. The van der Waals surface area contributed by atoms with Gasteiger partial charge in [0.2, 0.25) is 5.91 Å². The molecule has 5 nitrogen and oxygen atoms in total. The van der Waals surface area contributed by atoms with Gasteiger partial charge < -0.3 is 10.2 Å². The molecule has 6 heteroatoms. The second-order valence-corrected chi connectivity index (χ2v) is 6.19. The van der Waals surface area contributed by atoms with Crippen molar-refractivity contribution in [1.82, 2.24) is 10.2 Å². The van der Waals surface area contributed by atoms with E-state index in [0.717, 1.165) is 30.9 Å². The Kier molecular flexibility index (Phi) is 4.76. The van der Waals surface area contributed by atoms with Crippen molar-refractivity contribution in [3.8, 4) is 0 Å². The number of carbonyl (C=O) groups is 1. The van der Waals surface area contributed by atoms with E-state index in [9.17, 15) is 4.79 Å². The summed E-state index contributed by atoms with van der Waals surface area (Å²) in [5, 5.41) is 11.8. The first-order valence-corrected chi connectivity index (χ1v) is 8.12. The molecule has 1 aromatic carbocycles. The minimum absolute atomic E-state index is 0.00266. The van der Waals surface area contributed by atoms with E-state index in [1.807, 2.05) is 37.3 Å². The smallest absolute Gasteiger partial charge is 0.229 e. The van der Waals surface area contributed by atoms with Gasteiger partial charge in [0.1, 0.15) is 0 Å². The first-order valence-electron chi connectivity index (χ1n) is 7.74. The average Bonchev–Trinajstić information content (AvgIpc) is 2.58. The topological polar surface area (TPSA) is 58.1 Å². The molecule has 1 N–H and O–H groups in total. The van der Waals surface area contributed by atoms with Crippen molar-refractivity contribution in [3.05, 3.63) is 47.1 Å². The van der Waals surface area contributed by atoms with Crippen molar-refractivity contribution in [2.45, 2.75) is 19.8 Å². The maximum absolute atomic E-state index is 12.5. The minimum atomic E-state index is -0.0804. The van der Waals surface area contributed by atoms with Gasteiger partial charge >= 0.3 is 0 Å². The van der Waals surface area contributed by atoms with Crippen molar-refractivity contribution in [2.75, 3.05) is 23.3 Å². The van der Waals surface area contributed by atoms with E-state index in [0.29, 0.717) is 17.3 Å². The molecule has 1 aliphatic rings. The molecule has 1 amide bonds. The molecule has 0 spiro atoms. The molecule has 1 aromatic heterocycles. The van der Waals surface area contributed by atoms with E-state index >= 15 is 0 Å². The summed E-state index contributed by atoms with van der Waals surface area (Å²) in [5.41, 5.74) is 1.55. The van der Waals surface area contributed by atoms with Crippen LogP contribution in [0.2, 0.25) is 5.02 Å². The lowest BCUT2D eigenvalue weighted by Crippen LogP contribution is -2.41. The summed E-state index contributed by atoms with van der Waals surface area (Å²) in [6, 6.07) is 11.2. The van der Waals surface area contributed by atoms with Gasteiger partial charge in [-0.25, -0.2) is 0 Å². The number of rotatable bonds is 3. The number of hydrogen-bond acceptors (Lipinski definition) is 4. The lowest BCUT2D eigenvalue weighted by atomic mass is 9.97. The number of benzene rings is 1. The van der Waals surface area contributed by atoms with Gasteiger partial charge in [-0.1, -0.05) is 23.7 Å². The molecule has 1 atom stereocenters. The number of nitrogens with zero attached hydrogens (tertiary/aromatic N) is 3. The molecule has 1 fully saturated rings. The van der Waals surface area contributed by atoms with E-state index in [1.54, 1.807) is 6.07 Å². The lowest BCUT2D eigenvalue weighted by Gasteiger charge is -2.32. The summed E-state index contributed by atoms with van der Waals surface area (Å²) in [6.45, 7) is 3.45. The Morgan fingerprint density at radius 3 is 2.83 bits per heavy atom. The van der Waals surface area contributed by atoms with Crippen LogP contribution in [0.4, 0.5) is 11.5 Å². The number of carbonyl (C=O) groups excluding carboxylic acids is 1. The molecule has 23 heavy (non-hydrogen) atoms. The minimum Gasteiger partial charge on any atom is -0.354 e. The van der Waals surface area contributed by atoms with Gasteiger partial charge in [-0.15, -0.1) is 5.10 Å². The molecule has 3 rings (SSSR count). The monoisotopic (exact) mass is 330 g/mol. The van der Waals surface area contributed by atoms with Crippen molar-refractivity contribution >= 4 is 29.0 Å². The molecule has 2 heterocycles. The highest BCUT2D eigenvalue weighted by Crippen LogP contribution is 2.25. The van der Waals surface area contributed by atoms with Gasteiger partial charge in [-0.3, -0.25) is 4.79 Å². The fourth-order valence-corrected chi connectivity index (χ4v) is 2.94. The van der Waals surface area contributed by atoms with Crippen LogP contribution >= 0.6 is 11.6 Å². The summed E-state index contributed by atoms with van der Waals surface area (Å²) in [4.78, 5) is 14.6. The second-order valence-electron chi connectivity index (χ2n) is 5.79. The molecule has 0 bridgehead atoms. The van der Waals surface area contributed by atoms with Crippen LogP contribution in [-0.2, 0) is 4.79 Å². The number of amides is 1. The van der Waals surface area contributed by atoms with E-state index < -0.39 is 0 Å². The van der Waals surface area contributed by atoms with Gasteiger partial charge in [-0.05, 0) is 44.0 Å². The highest BCUT2D eigenvalue weighted by molar-refractivity contribution is 6.33. The van der Waals surface area contributed by atoms with E-state index in [1.165, 1.54) is 0 Å². The molecule has 0 saturated carbocycles. The number of para-hydroxylation sites is 1. The largest absolute Gasteiger partial charge is 0.354 e. The van der Waals surface area contributed by atoms with Crippen LogP contribution in [0.25, 0.3) is 0 Å². The van der Waals surface area contributed by atoms with Crippen LogP contribution in [0.5, 0.6) is 0 Å². The Bertz CT molecular complexity index is 689. The van der Waals surface area contributed by atoms with Gasteiger partial charge in [0.15, 0.2) is 5.82 Å². The third-order valence-corrected chi connectivity index (χ3v) is 4.36. The predicted octanol–water partition coefficient (Wildman–Crippen LogP) is 3.29. The van der Waals surface area contributed by atoms with Gasteiger partial charge in [0.05, 0.1) is 22.3 Å².